The number of nitrogens with zero attached hydrogens (tertiary/aromatic N) is 10. The Labute approximate surface area is 732 Å². The van der Waals surface area contributed by atoms with Crippen LogP contribution in [0.5, 0.6) is 5.75 Å². The number of Topliss-reactive ketones (excluding diaryl/α,β-unsaturated/α-hetero) is 5. The second kappa shape index (κ2) is 36.1. The van der Waals surface area contributed by atoms with Crippen molar-refractivity contribution in [3.63, 3.8) is 0 Å². The zero-order valence-corrected chi connectivity index (χ0v) is 73.4. The summed E-state index contributed by atoms with van der Waals surface area (Å²) in [5.74, 6) is 2.62. The van der Waals surface area contributed by atoms with Gasteiger partial charge in [0.05, 0.1) is 49.8 Å². The van der Waals surface area contributed by atoms with Crippen molar-refractivity contribution in [2.75, 3.05) is 68.0 Å². The van der Waals surface area contributed by atoms with Crippen molar-refractivity contribution in [2.24, 2.45) is 76.9 Å². The van der Waals surface area contributed by atoms with Crippen molar-refractivity contribution >= 4 is 88.6 Å². The Morgan fingerprint density at radius 2 is 0.632 bits per heavy atom. The molecular formula is C96H125N13O16. The third kappa shape index (κ3) is 16.3. The third-order valence-corrected chi connectivity index (χ3v) is 32.3. The van der Waals surface area contributed by atoms with Crippen LogP contribution in [-0.2, 0) is 24.0 Å². The van der Waals surface area contributed by atoms with Gasteiger partial charge in [0.15, 0.2) is 28.9 Å². The molecule has 125 heavy (non-hydrogen) atoms. The maximum atomic E-state index is 13.3. The van der Waals surface area contributed by atoms with Crippen LogP contribution in [0.2, 0.25) is 0 Å². The lowest BCUT2D eigenvalue weighted by Crippen LogP contribution is -2.56. The van der Waals surface area contributed by atoms with Gasteiger partial charge in [-0.1, -0.05) is 114 Å². The number of amides is 15. The first-order chi connectivity index (χ1) is 58.9. The summed E-state index contributed by atoms with van der Waals surface area (Å²) in [7, 11) is 8.39. The van der Waals surface area contributed by atoms with E-state index in [9.17, 15) is 77.0 Å². The zero-order valence-electron chi connectivity index (χ0n) is 73.4. The van der Waals surface area contributed by atoms with E-state index in [0.29, 0.717) is 75.6 Å². The smallest absolute Gasteiger partial charge is 0.327 e. The zero-order chi connectivity index (χ0) is 89.1. The summed E-state index contributed by atoms with van der Waals surface area (Å²) in [5, 5.41) is 9.57. The maximum Gasteiger partial charge on any atom is 0.327 e. The highest BCUT2D eigenvalue weighted by Crippen LogP contribution is 2.57. The normalized spacial score (nSPS) is 32.1. The van der Waals surface area contributed by atoms with Crippen LogP contribution in [0, 0.1) is 76.9 Å². The van der Waals surface area contributed by atoms with Gasteiger partial charge in [0.1, 0.15) is 33.4 Å². The molecule has 5 aromatic rings. The van der Waals surface area contributed by atoms with Crippen molar-refractivity contribution in [3.05, 3.63) is 150 Å². The van der Waals surface area contributed by atoms with Gasteiger partial charge in [0.2, 0.25) is 0 Å². The molecule has 5 aliphatic heterocycles. The number of imide groups is 5. The first kappa shape index (κ1) is 91.6. The third-order valence-electron chi connectivity index (χ3n) is 32.3. The number of aromatic nitrogens is 3. The number of phenolic OH excluding ortho intramolecular Hbond substituents is 1. The molecule has 4 N–H and O–H groups in total. The summed E-state index contributed by atoms with van der Waals surface area (Å²) in [5.41, 5.74) is -2.30. The van der Waals surface area contributed by atoms with E-state index in [1.165, 1.54) is 68.4 Å². The van der Waals surface area contributed by atoms with E-state index >= 15 is 0 Å². The fourth-order valence-electron chi connectivity index (χ4n) is 23.7. The SMILES string of the molecule is C.C=CC(C)C1(C)C(=O)N(CC(=O)c2ccccc2)C(=O)N1C.CN1C(=O)N(CC(=O)c2ccc[nH]2)C(=O)C1(C)C1CC2CCC1CC2.CN1C(=O)N(CC(=O)c2ccc[nH]2)C(=O)C1(C)C1CC2CCC1CC2.CN1C(=O)N(CC(=O)c2ccc[nH]2)C(=O)[C@@]1(C)[C@H]1CC2CCC1CC2.CN1C(=O)N(CC(=O)c2cccc(O)c2)C(=O)[C@@]1(C)[C@H]1CC2CCC1CC2. The van der Waals surface area contributed by atoms with Crippen LogP contribution in [0.3, 0.4) is 0 Å². The molecule has 12 aliphatic carbocycles. The van der Waals surface area contributed by atoms with E-state index in [-0.39, 0.29) is 152 Å². The standard InChI is InChI=1S/C21H26N2O4.3C19H25N3O3.C17H20N2O3.CH4/c1-21(17-10-13-6-8-14(17)9-7-13)19(26)23(20(27)22(21)2)12-18(25)15-4-3-5-16(24)11-15;3*1-19(14-10-12-5-7-13(14)8-6-12)17(24)22(18(25)21(19)2)11-16(23)15-4-3-9-20-15;1-5-12(2)17(3)15(21)19(16(22)18(17)4)11-14(20)13-9-7-6-8-10-13;/h3-5,11,13-14,17,24H,6-10,12H2,1-2H3;3*3-4,9,12-14,20H,5-8,10-11H2,1-2H3;5-10,12H,1,11H2,2-4H3;1H4/t13?,14?,17-,21+;12?,13?,14-,19+;;;;/m00..../s1. The number of likely N-dealkylation sites (N-methyl/N-ethyl adjacent to an activating group) is 5. The van der Waals surface area contributed by atoms with E-state index < -0.39 is 39.8 Å². The molecule has 0 radical (unpaired) electrons. The van der Waals surface area contributed by atoms with Crippen LogP contribution < -0.4 is 0 Å². The Morgan fingerprint density at radius 1 is 0.368 bits per heavy atom. The molecule has 8 heterocycles. The largest absolute Gasteiger partial charge is 0.508 e. The number of ketones is 5. The molecule has 29 nitrogen and oxygen atoms in total. The van der Waals surface area contributed by atoms with Gasteiger partial charge in [-0.05, 0) is 231 Å². The van der Waals surface area contributed by atoms with Crippen LogP contribution in [0.1, 0.15) is 230 Å². The number of H-pyrrole nitrogens is 3. The Morgan fingerprint density at radius 3 is 0.888 bits per heavy atom. The number of nitrogens with one attached hydrogen (secondary N) is 3. The average Bonchev–Trinajstić information content (AvgIpc) is 1.58. The van der Waals surface area contributed by atoms with E-state index in [4.69, 9.17) is 0 Å². The van der Waals surface area contributed by atoms with Gasteiger partial charge in [-0.3, -0.25) is 72.4 Å². The van der Waals surface area contributed by atoms with Gasteiger partial charge in [0.25, 0.3) is 29.5 Å². The van der Waals surface area contributed by atoms with Crippen LogP contribution in [0.4, 0.5) is 24.0 Å². The molecule has 17 fully saturated rings. The predicted molar refractivity (Wildman–Crippen MR) is 465 cm³/mol. The first-order valence-corrected chi connectivity index (χ1v) is 44.5. The molecule has 5 saturated heterocycles. The quantitative estimate of drug-likeness (QED) is 0.0301. The number of carbonyl (C=O) groups is 15. The summed E-state index contributed by atoms with van der Waals surface area (Å²) in [6, 6.07) is 22.9. The lowest BCUT2D eigenvalue weighted by atomic mass is 9.59. The Kier molecular flexibility index (Phi) is 26.4. The lowest BCUT2D eigenvalue weighted by Gasteiger charge is -2.49. The van der Waals surface area contributed by atoms with Crippen LogP contribution >= 0.6 is 0 Å². The van der Waals surface area contributed by atoms with Crippen LogP contribution in [0.15, 0.2) is 122 Å². The minimum Gasteiger partial charge on any atom is -0.508 e. The number of benzene rings is 2. The monoisotopic (exact) mass is 1720 g/mol. The molecule has 8 bridgehead atoms. The summed E-state index contributed by atoms with van der Waals surface area (Å²) in [6.07, 6.45) is 29.8. The summed E-state index contributed by atoms with van der Waals surface area (Å²) in [6.45, 7) is 13.7. The number of aromatic hydroxyl groups is 1. The number of hydrogen-bond donors (Lipinski definition) is 4. The molecule has 17 aliphatic rings. The highest BCUT2D eigenvalue weighted by molar-refractivity contribution is 6.15. The second-order valence-electron chi connectivity index (χ2n) is 38.2. The number of phenols is 1. The van der Waals surface area contributed by atoms with Crippen molar-refractivity contribution < 1.29 is 77.0 Å². The summed E-state index contributed by atoms with van der Waals surface area (Å²) < 4.78 is 0. The van der Waals surface area contributed by atoms with Crippen molar-refractivity contribution in [1.82, 2.24) is 64.0 Å². The van der Waals surface area contributed by atoms with Crippen molar-refractivity contribution in [3.8, 4) is 5.75 Å². The topological polar surface area (TPSA) is 356 Å². The molecule has 29 heteroatoms. The number of fused-ring (bicyclic) bond motifs is 12. The predicted octanol–water partition coefficient (Wildman–Crippen LogP) is 14.1. The summed E-state index contributed by atoms with van der Waals surface area (Å²) >= 11 is 0. The highest BCUT2D eigenvalue weighted by atomic mass is 16.3. The number of urea groups is 5. The molecule has 2 aromatic carbocycles. The van der Waals surface area contributed by atoms with Crippen molar-refractivity contribution in [1.29, 1.82) is 0 Å². The second-order valence-corrected chi connectivity index (χ2v) is 38.2. The first-order valence-electron chi connectivity index (χ1n) is 44.5. The molecule has 670 valence electrons. The van der Waals surface area contributed by atoms with Gasteiger partial charge in [-0.15, -0.1) is 6.58 Å². The van der Waals surface area contributed by atoms with Crippen molar-refractivity contribution in [2.45, 2.75) is 205 Å². The van der Waals surface area contributed by atoms with Gasteiger partial charge in [-0.2, -0.15) is 0 Å². The minimum absolute atomic E-state index is 0. The molecule has 3 aromatic heterocycles. The van der Waals surface area contributed by atoms with E-state index in [1.54, 1.807) is 165 Å². The van der Waals surface area contributed by atoms with Crippen LogP contribution in [0.25, 0.3) is 0 Å². The number of carbonyl (C=O) groups excluding carboxylic acids is 15. The average molecular weight is 1720 g/mol. The van der Waals surface area contributed by atoms with E-state index in [0.717, 1.165) is 102 Å². The highest BCUT2D eigenvalue weighted by Gasteiger charge is 2.65. The molecule has 6 unspecified atom stereocenters. The Bertz CT molecular complexity index is 4670. The Balaban J connectivity index is 0.000000134. The minimum atomic E-state index is -1.00. The molecule has 15 amide bonds. The Hall–Kier alpha value is -11.1. The number of aromatic amines is 3. The maximum absolute atomic E-state index is 13.3. The fraction of sp³-hybridized carbons (Fsp3) is 0.573. The van der Waals surface area contributed by atoms with Gasteiger partial charge < -0.3 is 44.6 Å². The molecule has 22 rings (SSSR count). The number of rotatable bonds is 21. The van der Waals surface area contributed by atoms with Gasteiger partial charge >= 0.3 is 30.2 Å². The molecule has 0 spiro atoms. The van der Waals surface area contributed by atoms with E-state index in [2.05, 4.69) is 21.5 Å². The van der Waals surface area contributed by atoms with Gasteiger partial charge in [-0.25, -0.2) is 24.0 Å². The number of hydrogen-bond acceptors (Lipinski definition) is 16. The van der Waals surface area contributed by atoms with Crippen LogP contribution in [-0.4, -0.2) is 253 Å². The van der Waals surface area contributed by atoms with E-state index in [1.807, 2.05) is 34.6 Å². The molecule has 10 atom stereocenters. The fourth-order valence-corrected chi connectivity index (χ4v) is 23.7. The molecular weight excluding hydrogens is 1590 g/mol. The molecule has 12 saturated carbocycles. The lowest BCUT2D eigenvalue weighted by molar-refractivity contribution is -0.138. The summed E-state index contributed by atoms with van der Waals surface area (Å²) in [4.78, 5) is 213. The van der Waals surface area contributed by atoms with Gasteiger partial charge in [0, 0.05) is 70.9 Å².